The van der Waals surface area contributed by atoms with Gasteiger partial charge in [0.2, 0.25) is 0 Å². The number of carbonyl (C=O) groups is 1. The van der Waals surface area contributed by atoms with E-state index in [2.05, 4.69) is 64.6 Å². The first kappa shape index (κ1) is 25.5. The predicted octanol–water partition coefficient (Wildman–Crippen LogP) is 3.12. The molecular weight excluding hydrogens is 518 g/mol. The lowest BCUT2D eigenvalue weighted by Crippen LogP contribution is -2.54. The van der Waals surface area contributed by atoms with Gasteiger partial charge in [0.1, 0.15) is 17.9 Å². The molecule has 0 saturated carbocycles. The fraction of sp³-hybridized carbons (Fsp3) is 0.333. The lowest BCUT2D eigenvalue weighted by atomic mass is 10.0. The standard InChI is InChI=1S/C30H33N9O2/c1-35-9-11-36(12-10-35)30(40)37-13-14-41-27(19-37)26-16-24(28-29(31)32-20-33-39(26)28)22-7-8-23-18-38(34-25(23)15-22)17-21-5-3-2-4-6-21/h2-8,15-16,18,20,27H,9-14,17,19H2,1H3,(H2,31,32,33). The number of nitrogen functional groups attached to an aromatic ring is 1. The van der Waals surface area contributed by atoms with Crippen molar-refractivity contribution in [3.63, 3.8) is 0 Å². The van der Waals surface area contributed by atoms with E-state index in [9.17, 15) is 4.79 Å². The largest absolute Gasteiger partial charge is 0.382 e. The van der Waals surface area contributed by atoms with Gasteiger partial charge >= 0.3 is 6.03 Å². The van der Waals surface area contributed by atoms with Crippen LogP contribution in [0.5, 0.6) is 0 Å². The Hall–Kier alpha value is -4.48. The molecular formula is C30H33N9O2. The quantitative estimate of drug-likeness (QED) is 0.366. The highest BCUT2D eigenvalue weighted by atomic mass is 16.5. The Labute approximate surface area is 237 Å². The molecule has 210 valence electrons. The topological polar surface area (TPSA) is 110 Å². The number of aromatic nitrogens is 5. The second kappa shape index (κ2) is 10.5. The van der Waals surface area contributed by atoms with Gasteiger partial charge in [0.05, 0.1) is 30.9 Å². The molecule has 2 fully saturated rings. The minimum Gasteiger partial charge on any atom is -0.382 e. The molecule has 0 radical (unpaired) electrons. The van der Waals surface area contributed by atoms with Gasteiger partial charge in [0.25, 0.3) is 0 Å². The fourth-order valence-electron chi connectivity index (χ4n) is 5.83. The molecule has 5 aromatic rings. The van der Waals surface area contributed by atoms with E-state index in [1.807, 2.05) is 37.2 Å². The summed E-state index contributed by atoms with van der Waals surface area (Å²) in [4.78, 5) is 23.7. The second-order valence-electron chi connectivity index (χ2n) is 10.9. The molecule has 7 rings (SSSR count). The fourth-order valence-corrected chi connectivity index (χ4v) is 5.83. The van der Waals surface area contributed by atoms with E-state index in [1.165, 1.54) is 11.9 Å². The van der Waals surface area contributed by atoms with Crippen LogP contribution in [0.3, 0.4) is 0 Å². The van der Waals surface area contributed by atoms with Crippen LogP contribution >= 0.6 is 0 Å². The van der Waals surface area contributed by atoms with E-state index in [-0.39, 0.29) is 12.1 Å². The highest BCUT2D eigenvalue weighted by Crippen LogP contribution is 2.35. The third-order valence-electron chi connectivity index (χ3n) is 8.10. The number of carbonyl (C=O) groups excluding carboxylic acids is 1. The Morgan fingerprint density at radius 3 is 2.68 bits per heavy atom. The molecule has 2 saturated heterocycles. The van der Waals surface area contributed by atoms with Gasteiger partial charge in [0.15, 0.2) is 5.82 Å². The molecule has 2 aliphatic heterocycles. The molecule has 1 atom stereocenters. The average molecular weight is 552 g/mol. The first-order valence-electron chi connectivity index (χ1n) is 14.0. The summed E-state index contributed by atoms with van der Waals surface area (Å²) >= 11 is 0. The summed E-state index contributed by atoms with van der Waals surface area (Å²) in [7, 11) is 2.09. The Morgan fingerprint density at radius 2 is 1.85 bits per heavy atom. The number of nitrogens with two attached hydrogens (primary N) is 1. The summed E-state index contributed by atoms with van der Waals surface area (Å²) in [6.07, 6.45) is 3.18. The molecule has 5 heterocycles. The molecule has 2 aromatic carbocycles. The van der Waals surface area contributed by atoms with Gasteiger partial charge in [-0.2, -0.15) is 10.2 Å². The van der Waals surface area contributed by atoms with Crippen LogP contribution in [0.15, 0.2) is 67.1 Å². The Bertz CT molecular complexity index is 1710. The van der Waals surface area contributed by atoms with E-state index < -0.39 is 0 Å². The van der Waals surface area contributed by atoms with E-state index in [4.69, 9.17) is 15.6 Å². The normalized spacial score (nSPS) is 18.4. The SMILES string of the molecule is CN1CCN(C(=O)N2CCOC(c3cc(-c4ccc5cn(Cc6ccccc6)nc5c4)c4c(N)ncnn34)C2)CC1. The predicted molar refractivity (Wildman–Crippen MR) is 156 cm³/mol. The number of hydrogen-bond acceptors (Lipinski definition) is 7. The Balaban J connectivity index is 1.20. The van der Waals surface area contributed by atoms with Crippen molar-refractivity contribution in [1.82, 2.24) is 39.1 Å². The van der Waals surface area contributed by atoms with Gasteiger partial charge in [-0.05, 0) is 30.3 Å². The van der Waals surface area contributed by atoms with Crippen LogP contribution in [0.1, 0.15) is 17.4 Å². The van der Waals surface area contributed by atoms with E-state index >= 15 is 0 Å². The van der Waals surface area contributed by atoms with Crippen molar-refractivity contribution in [2.24, 2.45) is 0 Å². The molecule has 11 nitrogen and oxygen atoms in total. The van der Waals surface area contributed by atoms with Crippen LogP contribution in [0.25, 0.3) is 27.5 Å². The first-order valence-corrected chi connectivity index (χ1v) is 14.0. The molecule has 11 heteroatoms. The lowest BCUT2D eigenvalue weighted by Gasteiger charge is -2.39. The molecule has 0 spiro atoms. The van der Waals surface area contributed by atoms with Crippen molar-refractivity contribution in [3.8, 4) is 11.1 Å². The van der Waals surface area contributed by atoms with E-state index in [1.54, 1.807) is 0 Å². The van der Waals surface area contributed by atoms with Crippen LogP contribution in [0, 0.1) is 0 Å². The number of anilines is 1. The molecule has 41 heavy (non-hydrogen) atoms. The van der Waals surface area contributed by atoms with Crippen molar-refractivity contribution in [1.29, 1.82) is 0 Å². The highest BCUT2D eigenvalue weighted by molar-refractivity contribution is 5.92. The van der Waals surface area contributed by atoms with Crippen LogP contribution in [-0.4, -0.2) is 98.0 Å². The molecule has 2 amide bonds. The van der Waals surface area contributed by atoms with Crippen LogP contribution in [0.4, 0.5) is 10.6 Å². The third kappa shape index (κ3) is 4.87. The van der Waals surface area contributed by atoms with Crippen molar-refractivity contribution >= 4 is 28.3 Å². The number of fused-ring (bicyclic) bond motifs is 2. The zero-order valence-corrected chi connectivity index (χ0v) is 23.1. The zero-order chi connectivity index (χ0) is 27.9. The molecule has 0 aliphatic carbocycles. The van der Waals surface area contributed by atoms with Crippen molar-refractivity contribution in [2.45, 2.75) is 12.6 Å². The van der Waals surface area contributed by atoms with E-state index in [0.717, 1.165) is 59.4 Å². The zero-order valence-electron chi connectivity index (χ0n) is 23.1. The molecule has 0 bridgehead atoms. The minimum absolute atomic E-state index is 0.0677. The highest BCUT2D eigenvalue weighted by Gasteiger charge is 2.32. The van der Waals surface area contributed by atoms with Crippen molar-refractivity contribution in [2.75, 3.05) is 58.7 Å². The van der Waals surface area contributed by atoms with Gasteiger partial charge < -0.3 is 25.2 Å². The number of amides is 2. The van der Waals surface area contributed by atoms with Gasteiger partial charge in [-0.15, -0.1) is 0 Å². The van der Waals surface area contributed by atoms with Crippen LogP contribution in [-0.2, 0) is 11.3 Å². The number of piperazine rings is 1. The van der Waals surface area contributed by atoms with Gasteiger partial charge in [-0.3, -0.25) is 4.68 Å². The maximum Gasteiger partial charge on any atom is 0.320 e. The summed E-state index contributed by atoms with van der Waals surface area (Å²) in [5, 5.41) is 10.5. The lowest BCUT2D eigenvalue weighted by molar-refractivity contribution is -0.0248. The summed E-state index contributed by atoms with van der Waals surface area (Å²) in [5.74, 6) is 0.386. The summed E-state index contributed by atoms with van der Waals surface area (Å²) < 4.78 is 9.99. The van der Waals surface area contributed by atoms with Gasteiger partial charge in [-0.1, -0.05) is 42.5 Å². The second-order valence-corrected chi connectivity index (χ2v) is 10.9. The maximum absolute atomic E-state index is 13.3. The Morgan fingerprint density at radius 1 is 1.02 bits per heavy atom. The average Bonchev–Trinajstić information content (AvgIpc) is 3.59. The van der Waals surface area contributed by atoms with Crippen LogP contribution in [0.2, 0.25) is 0 Å². The number of hydrogen-bond donors (Lipinski definition) is 1. The number of morpholine rings is 1. The van der Waals surface area contributed by atoms with Crippen molar-refractivity contribution < 1.29 is 9.53 Å². The molecule has 2 N–H and O–H groups in total. The number of benzene rings is 2. The summed E-state index contributed by atoms with van der Waals surface area (Å²) in [6, 6.07) is 18.7. The Kier molecular flexibility index (Phi) is 6.52. The smallest absolute Gasteiger partial charge is 0.320 e. The number of likely N-dealkylation sites (N-methyl/N-ethyl adjacent to an activating group) is 1. The maximum atomic E-state index is 13.3. The summed E-state index contributed by atoms with van der Waals surface area (Å²) in [6.45, 7) is 5.42. The molecule has 3 aromatic heterocycles. The van der Waals surface area contributed by atoms with Gasteiger partial charge in [-0.25, -0.2) is 14.3 Å². The molecule has 2 aliphatic rings. The summed E-state index contributed by atoms with van der Waals surface area (Å²) in [5.41, 5.74) is 11.9. The first-order chi connectivity index (χ1) is 20.0. The van der Waals surface area contributed by atoms with E-state index in [0.29, 0.717) is 32.1 Å². The van der Waals surface area contributed by atoms with Crippen LogP contribution < -0.4 is 5.73 Å². The number of rotatable bonds is 4. The van der Waals surface area contributed by atoms with Gasteiger partial charge in [0, 0.05) is 49.9 Å². The number of ether oxygens (including phenoxy) is 1. The molecule has 1 unspecified atom stereocenters. The minimum atomic E-state index is -0.343. The van der Waals surface area contributed by atoms with Crippen molar-refractivity contribution in [3.05, 3.63) is 78.4 Å². The number of urea groups is 1. The third-order valence-corrected chi connectivity index (χ3v) is 8.10. The number of nitrogens with zero attached hydrogens (tertiary/aromatic N) is 8. The monoisotopic (exact) mass is 551 g/mol.